The number of rotatable bonds is 2. The molecule has 0 radical (unpaired) electrons. The van der Waals surface area contributed by atoms with Crippen LogP contribution in [-0.2, 0) is 9.53 Å². The Kier molecular flexibility index (Phi) is 4.05. The standard InChI is InChI=1S/C16H22N6O2/c1-12-18-19-15-14(17-5-8-22(12)15)21-9-10-24-13(11-21)16(23)20-6-3-2-4-7-20/h5,8,13H,2-4,6-7,9-11H2,1H3. The molecule has 0 saturated carbocycles. The van der Waals surface area contributed by atoms with Gasteiger partial charge in [-0.15, -0.1) is 10.2 Å². The van der Waals surface area contributed by atoms with E-state index in [0.717, 1.165) is 43.2 Å². The normalized spacial score (nSPS) is 22.1. The number of likely N-dealkylation sites (tertiary alicyclic amines) is 1. The molecule has 128 valence electrons. The van der Waals surface area contributed by atoms with Crippen LogP contribution in [0.5, 0.6) is 0 Å². The first-order valence-electron chi connectivity index (χ1n) is 8.56. The predicted molar refractivity (Wildman–Crippen MR) is 87.9 cm³/mol. The van der Waals surface area contributed by atoms with Crippen molar-refractivity contribution in [2.75, 3.05) is 37.7 Å². The van der Waals surface area contributed by atoms with E-state index in [2.05, 4.69) is 20.1 Å². The molecule has 4 heterocycles. The summed E-state index contributed by atoms with van der Waals surface area (Å²) in [5, 5.41) is 8.34. The van der Waals surface area contributed by atoms with Crippen molar-refractivity contribution in [2.24, 2.45) is 0 Å². The van der Waals surface area contributed by atoms with Crippen LogP contribution in [0, 0.1) is 6.92 Å². The highest BCUT2D eigenvalue weighted by atomic mass is 16.5. The third kappa shape index (κ3) is 2.71. The SMILES string of the molecule is Cc1nnc2c(N3CCOC(C(=O)N4CCCCC4)C3)nccn12. The number of fused-ring (bicyclic) bond motifs is 1. The lowest BCUT2D eigenvalue weighted by molar-refractivity contribution is -0.145. The van der Waals surface area contributed by atoms with E-state index in [4.69, 9.17) is 4.74 Å². The summed E-state index contributed by atoms with van der Waals surface area (Å²) in [5.41, 5.74) is 0.723. The molecule has 8 heteroatoms. The molecule has 4 rings (SSSR count). The summed E-state index contributed by atoms with van der Waals surface area (Å²) < 4.78 is 7.67. The molecule has 1 atom stereocenters. The second kappa shape index (κ2) is 6.35. The lowest BCUT2D eigenvalue weighted by Crippen LogP contribution is -2.52. The molecule has 0 aliphatic carbocycles. The van der Waals surface area contributed by atoms with E-state index in [0.29, 0.717) is 19.7 Å². The number of anilines is 1. The first-order valence-corrected chi connectivity index (χ1v) is 8.56. The minimum absolute atomic E-state index is 0.101. The fourth-order valence-electron chi connectivity index (χ4n) is 3.46. The van der Waals surface area contributed by atoms with Crippen LogP contribution >= 0.6 is 0 Å². The topological polar surface area (TPSA) is 75.9 Å². The second-order valence-electron chi connectivity index (χ2n) is 6.38. The second-order valence-corrected chi connectivity index (χ2v) is 6.38. The number of nitrogens with zero attached hydrogens (tertiary/aromatic N) is 6. The molecule has 0 spiro atoms. The number of aryl methyl sites for hydroxylation is 1. The molecule has 0 bridgehead atoms. The number of morpholine rings is 1. The number of hydrogen-bond donors (Lipinski definition) is 0. The van der Waals surface area contributed by atoms with E-state index in [1.807, 2.05) is 22.4 Å². The number of piperidine rings is 1. The highest BCUT2D eigenvalue weighted by molar-refractivity contribution is 5.82. The van der Waals surface area contributed by atoms with E-state index >= 15 is 0 Å². The van der Waals surface area contributed by atoms with Crippen molar-refractivity contribution in [1.29, 1.82) is 0 Å². The van der Waals surface area contributed by atoms with Crippen LogP contribution < -0.4 is 4.90 Å². The molecule has 0 N–H and O–H groups in total. The van der Waals surface area contributed by atoms with Crippen molar-refractivity contribution >= 4 is 17.4 Å². The molecule has 2 saturated heterocycles. The van der Waals surface area contributed by atoms with E-state index in [9.17, 15) is 4.79 Å². The Bertz CT molecular complexity index is 739. The molecule has 2 fully saturated rings. The van der Waals surface area contributed by atoms with Gasteiger partial charge in [0, 0.05) is 32.0 Å². The summed E-state index contributed by atoms with van der Waals surface area (Å²) in [6.45, 7) is 5.31. The van der Waals surface area contributed by atoms with Crippen LogP contribution in [0.1, 0.15) is 25.1 Å². The molecule has 8 nitrogen and oxygen atoms in total. The monoisotopic (exact) mass is 330 g/mol. The summed E-state index contributed by atoms with van der Waals surface area (Å²) in [7, 11) is 0. The number of ether oxygens (including phenoxy) is 1. The predicted octanol–water partition coefficient (Wildman–Crippen LogP) is 0.650. The van der Waals surface area contributed by atoms with Gasteiger partial charge in [-0.2, -0.15) is 0 Å². The van der Waals surface area contributed by atoms with Crippen LogP contribution in [0.3, 0.4) is 0 Å². The van der Waals surface area contributed by atoms with Crippen LogP contribution in [0.25, 0.3) is 5.65 Å². The lowest BCUT2D eigenvalue weighted by atomic mass is 10.1. The zero-order chi connectivity index (χ0) is 16.5. The molecule has 2 aromatic rings. The van der Waals surface area contributed by atoms with Crippen molar-refractivity contribution < 1.29 is 9.53 Å². The molecule has 1 unspecified atom stereocenters. The average molecular weight is 330 g/mol. The van der Waals surface area contributed by atoms with Gasteiger partial charge in [0.15, 0.2) is 11.9 Å². The van der Waals surface area contributed by atoms with E-state index in [-0.39, 0.29) is 5.91 Å². The van der Waals surface area contributed by atoms with Crippen molar-refractivity contribution in [3.63, 3.8) is 0 Å². The van der Waals surface area contributed by atoms with E-state index < -0.39 is 6.10 Å². The third-order valence-electron chi connectivity index (χ3n) is 4.79. The van der Waals surface area contributed by atoms with Gasteiger partial charge in [0.05, 0.1) is 13.2 Å². The molecule has 2 aliphatic rings. The van der Waals surface area contributed by atoms with Crippen LogP contribution in [0.2, 0.25) is 0 Å². The largest absolute Gasteiger partial charge is 0.365 e. The van der Waals surface area contributed by atoms with Gasteiger partial charge in [0.25, 0.3) is 5.91 Å². The Hall–Kier alpha value is -2.22. The summed E-state index contributed by atoms with van der Waals surface area (Å²) in [5.74, 6) is 1.68. The number of carbonyl (C=O) groups excluding carboxylic acids is 1. The van der Waals surface area contributed by atoms with Crippen LogP contribution in [-0.4, -0.2) is 69.3 Å². The Morgan fingerprint density at radius 1 is 1.21 bits per heavy atom. The quantitative estimate of drug-likeness (QED) is 0.805. The van der Waals surface area contributed by atoms with Crippen molar-refractivity contribution in [3.8, 4) is 0 Å². The molecule has 2 aliphatic heterocycles. The van der Waals surface area contributed by atoms with Crippen LogP contribution in [0.4, 0.5) is 5.82 Å². The number of hydrogen-bond acceptors (Lipinski definition) is 6. The molecular formula is C16H22N6O2. The van der Waals surface area contributed by atoms with Crippen molar-refractivity contribution in [3.05, 3.63) is 18.2 Å². The van der Waals surface area contributed by atoms with Gasteiger partial charge in [-0.3, -0.25) is 9.20 Å². The maximum atomic E-state index is 12.7. The Balaban J connectivity index is 1.54. The highest BCUT2D eigenvalue weighted by Crippen LogP contribution is 2.21. The summed E-state index contributed by atoms with van der Waals surface area (Å²) >= 11 is 0. The third-order valence-corrected chi connectivity index (χ3v) is 4.79. The summed E-state index contributed by atoms with van der Waals surface area (Å²) in [6, 6.07) is 0. The smallest absolute Gasteiger partial charge is 0.253 e. The van der Waals surface area contributed by atoms with Crippen molar-refractivity contribution in [1.82, 2.24) is 24.5 Å². The maximum absolute atomic E-state index is 12.7. The average Bonchev–Trinajstić information content (AvgIpc) is 3.03. The zero-order valence-electron chi connectivity index (χ0n) is 13.9. The van der Waals surface area contributed by atoms with Gasteiger partial charge < -0.3 is 14.5 Å². The number of aromatic nitrogens is 4. The summed E-state index contributed by atoms with van der Waals surface area (Å²) in [6.07, 6.45) is 6.55. The zero-order valence-corrected chi connectivity index (χ0v) is 13.9. The number of carbonyl (C=O) groups is 1. The van der Waals surface area contributed by atoms with E-state index in [1.54, 1.807) is 6.20 Å². The Morgan fingerprint density at radius 3 is 2.88 bits per heavy atom. The van der Waals surface area contributed by atoms with E-state index in [1.165, 1.54) is 6.42 Å². The Morgan fingerprint density at radius 2 is 2.04 bits per heavy atom. The van der Waals surface area contributed by atoms with Gasteiger partial charge in [-0.25, -0.2) is 4.98 Å². The summed E-state index contributed by atoms with van der Waals surface area (Å²) in [4.78, 5) is 21.2. The molecule has 24 heavy (non-hydrogen) atoms. The first kappa shape index (κ1) is 15.3. The molecule has 0 aromatic carbocycles. The molecule has 2 aromatic heterocycles. The first-order chi connectivity index (χ1) is 11.7. The van der Waals surface area contributed by atoms with Gasteiger partial charge in [-0.1, -0.05) is 0 Å². The van der Waals surface area contributed by atoms with Gasteiger partial charge in [0.2, 0.25) is 5.65 Å². The molecular weight excluding hydrogens is 308 g/mol. The number of amides is 1. The fraction of sp³-hybridized carbons (Fsp3) is 0.625. The van der Waals surface area contributed by atoms with Crippen LogP contribution in [0.15, 0.2) is 12.4 Å². The lowest BCUT2D eigenvalue weighted by Gasteiger charge is -2.36. The fourth-order valence-corrected chi connectivity index (χ4v) is 3.46. The highest BCUT2D eigenvalue weighted by Gasteiger charge is 2.32. The Labute approximate surface area is 140 Å². The minimum atomic E-state index is -0.428. The maximum Gasteiger partial charge on any atom is 0.253 e. The van der Waals surface area contributed by atoms with Crippen molar-refractivity contribution in [2.45, 2.75) is 32.3 Å². The van der Waals surface area contributed by atoms with Gasteiger partial charge >= 0.3 is 0 Å². The minimum Gasteiger partial charge on any atom is -0.365 e. The molecule has 1 amide bonds. The van der Waals surface area contributed by atoms with Gasteiger partial charge in [-0.05, 0) is 26.2 Å². The van der Waals surface area contributed by atoms with Gasteiger partial charge in [0.1, 0.15) is 5.82 Å².